The minimum Gasteiger partial charge on any atom is -0.478 e. The number of hydrogen-bond acceptors (Lipinski definition) is 8. The summed E-state index contributed by atoms with van der Waals surface area (Å²) in [6, 6.07) is 7.57. The van der Waals surface area contributed by atoms with Gasteiger partial charge in [0.25, 0.3) is 0 Å². The molecule has 2 aromatic carbocycles. The van der Waals surface area contributed by atoms with E-state index in [1.54, 1.807) is 23.6 Å². The van der Waals surface area contributed by atoms with Gasteiger partial charge in [0.1, 0.15) is 11.3 Å². The molecule has 0 unspecified atom stereocenters. The first-order chi connectivity index (χ1) is 18.3. The van der Waals surface area contributed by atoms with E-state index in [0.29, 0.717) is 48.7 Å². The maximum atomic E-state index is 13.3. The number of fused-ring (bicyclic) bond motifs is 1. The number of anilines is 1. The average molecular weight is 555 g/mol. The van der Waals surface area contributed by atoms with Gasteiger partial charge >= 0.3 is 12.1 Å². The van der Waals surface area contributed by atoms with Crippen LogP contribution in [-0.4, -0.2) is 87.6 Å². The van der Waals surface area contributed by atoms with Crippen molar-refractivity contribution in [1.82, 2.24) is 9.55 Å². The molecule has 0 aliphatic carbocycles. The lowest BCUT2D eigenvalue weighted by molar-refractivity contribution is -0.138. The molecule has 1 fully saturated rings. The Hall–Kier alpha value is -3.23. The first-order valence-corrected chi connectivity index (χ1v) is 12.2. The molecule has 4 rings (SSSR count). The number of aliphatic hydroxyl groups excluding tert-OH is 3. The number of nitrogens with zero attached hydrogens (tertiary/aromatic N) is 3. The molecule has 1 aromatic heterocycles. The predicted octanol–water partition coefficient (Wildman–Crippen LogP) is 1.92. The zero-order chi connectivity index (χ0) is 29.0. The Morgan fingerprint density at radius 3 is 2.21 bits per heavy atom. The van der Waals surface area contributed by atoms with Gasteiger partial charge in [0, 0.05) is 25.3 Å². The van der Waals surface area contributed by atoms with E-state index in [0.717, 1.165) is 11.8 Å². The summed E-state index contributed by atoms with van der Waals surface area (Å²) in [5.41, 5.74) is 5.63. The van der Waals surface area contributed by atoms with Crippen molar-refractivity contribution in [2.75, 3.05) is 51.0 Å². The Morgan fingerprint density at radius 2 is 1.69 bits per heavy atom. The quantitative estimate of drug-likeness (QED) is 0.295. The number of imidazole rings is 1. The van der Waals surface area contributed by atoms with Crippen LogP contribution >= 0.6 is 0 Å². The highest BCUT2D eigenvalue weighted by Gasteiger charge is 2.33. The number of aryl methyl sites for hydroxylation is 1. The molecule has 0 amide bonds. The fourth-order valence-electron chi connectivity index (χ4n) is 4.17. The number of halogens is 3. The lowest BCUT2D eigenvalue weighted by Crippen LogP contribution is -2.50. The van der Waals surface area contributed by atoms with Crippen LogP contribution < -0.4 is 10.6 Å². The number of nitrogens with two attached hydrogens (primary N) is 1. The molecular weight excluding hydrogens is 521 g/mol. The van der Waals surface area contributed by atoms with Crippen LogP contribution in [0.15, 0.2) is 30.3 Å². The van der Waals surface area contributed by atoms with E-state index in [9.17, 15) is 23.1 Å². The number of aliphatic hydroxyl groups is 3. The van der Waals surface area contributed by atoms with Crippen molar-refractivity contribution in [3.63, 3.8) is 0 Å². The number of carboxylic acid groups (broad SMARTS) is 1. The highest BCUT2D eigenvalue weighted by Crippen LogP contribution is 2.34. The molecule has 1 saturated heterocycles. The molecule has 3 aromatic rings. The van der Waals surface area contributed by atoms with E-state index in [2.05, 4.69) is 4.98 Å². The summed E-state index contributed by atoms with van der Waals surface area (Å²) in [6.07, 6.45) is -4.44. The fraction of sp³-hybridized carbons (Fsp3) is 0.462. The first kappa shape index (κ1) is 30.3. The molecule has 39 heavy (non-hydrogen) atoms. The smallest absolute Gasteiger partial charge is 0.416 e. The van der Waals surface area contributed by atoms with Crippen molar-refractivity contribution in [2.45, 2.75) is 32.1 Å². The van der Waals surface area contributed by atoms with Crippen molar-refractivity contribution in [3.05, 3.63) is 58.4 Å². The maximum Gasteiger partial charge on any atom is 0.416 e. The van der Waals surface area contributed by atoms with Crippen LogP contribution in [0, 0.1) is 13.8 Å². The van der Waals surface area contributed by atoms with Crippen LogP contribution in [0.1, 0.15) is 32.9 Å². The van der Waals surface area contributed by atoms with Crippen LogP contribution in [0.5, 0.6) is 0 Å². The third-order valence-electron chi connectivity index (χ3n) is 6.66. The molecule has 1 aliphatic rings. The third-order valence-corrected chi connectivity index (χ3v) is 6.66. The highest BCUT2D eigenvalue weighted by atomic mass is 19.4. The Kier molecular flexibility index (Phi) is 9.56. The topological polar surface area (TPSA) is 154 Å². The summed E-state index contributed by atoms with van der Waals surface area (Å²) in [4.78, 5) is 18.4. The number of hydrogen-bond donors (Lipinski definition) is 5. The molecule has 0 spiro atoms. The molecule has 2 heterocycles. The van der Waals surface area contributed by atoms with Crippen molar-refractivity contribution >= 4 is 22.7 Å². The van der Waals surface area contributed by atoms with Gasteiger partial charge in [-0.25, -0.2) is 9.78 Å². The summed E-state index contributed by atoms with van der Waals surface area (Å²) in [6.45, 7) is 4.47. The number of carbonyl (C=O) groups is 1. The first-order valence-electron chi connectivity index (χ1n) is 12.2. The number of rotatable bonds is 7. The predicted molar refractivity (Wildman–Crippen MR) is 138 cm³/mol. The summed E-state index contributed by atoms with van der Waals surface area (Å²) >= 11 is 0. The number of morpholine rings is 1. The summed E-state index contributed by atoms with van der Waals surface area (Å²) < 4.78 is 47.2. The SMILES string of the molecule is Cc1c(Cn2c(C)nc3c(C(=O)O)cc(N4CCOCC4)cc32)cccc1C(F)(F)F.NC(CO)(CO)CO. The van der Waals surface area contributed by atoms with Crippen molar-refractivity contribution in [3.8, 4) is 0 Å². The monoisotopic (exact) mass is 554 g/mol. The largest absolute Gasteiger partial charge is 0.478 e. The van der Waals surface area contributed by atoms with Gasteiger partial charge in [0.15, 0.2) is 0 Å². The van der Waals surface area contributed by atoms with Gasteiger partial charge in [0.05, 0.1) is 55.2 Å². The zero-order valence-corrected chi connectivity index (χ0v) is 21.7. The van der Waals surface area contributed by atoms with Crippen LogP contribution in [0.25, 0.3) is 11.0 Å². The van der Waals surface area contributed by atoms with Crippen LogP contribution in [0.3, 0.4) is 0 Å². The summed E-state index contributed by atoms with van der Waals surface area (Å²) in [5, 5.41) is 34.8. The van der Waals surface area contributed by atoms with Crippen molar-refractivity contribution in [2.24, 2.45) is 5.73 Å². The van der Waals surface area contributed by atoms with Gasteiger partial charge in [0.2, 0.25) is 0 Å². The Labute approximate surface area is 223 Å². The number of aromatic nitrogens is 2. The molecule has 10 nitrogen and oxygen atoms in total. The molecule has 1 aliphatic heterocycles. The van der Waals surface area contributed by atoms with Crippen LogP contribution in [-0.2, 0) is 17.5 Å². The summed E-state index contributed by atoms with van der Waals surface area (Å²) in [7, 11) is 0. The van der Waals surface area contributed by atoms with E-state index >= 15 is 0 Å². The molecule has 6 N–H and O–H groups in total. The van der Waals surface area contributed by atoms with E-state index in [4.69, 9.17) is 25.8 Å². The second kappa shape index (κ2) is 12.3. The van der Waals surface area contributed by atoms with Gasteiger partial charge < -0.3 is 40.4 Å². The number of ether oxygens (including phenoxy) is 1. The van der Waals surface area contributed by atoms with Crippen LogP contribution in [0.2, 0.25) is 0 Å². The molecule has 0 radical (unpaired) electrons. The lowest BCUT2D eigenvalue weighted by Gasteiger charge is -2.29. The maximum absolute atomic E-state index is 13.3. The summed E-state index contributed by atoms with van der Waals surface area (Å²) in [5.74, 6) is -0.562. The number of carboxylic acids is 1. The minimum atomic E-state index is -4.44. The highest BCUT2D eigenvalue weighted by molar-refractivity contribution is 6.03. The number of benzene rings is 2. The number of alkyl halides is 3. The van der Waals surface area contributed by atoms with Crippen molar-refractivity contribution in [1.29, 1.82) is 0 Å². The van der Waals surface area contributed by atoms with Crippen molar-refractivity contribution < 1.29 is 43.1 Å². The number of aromatic carboxylic acids is 1. The molecule has 0 bridgehead atoms. The van der Waals surface area contributed by atoms with E-state index in [-0.39, 0.29) is 17.7 Å². The average Bonchev–Trinajstić information content (AvgIpc) is 3.23. The van der Waals surface area contributed by atoms with Crippen LogP contribution in [0.4, 0.5) is 18.9 Å². The second-order valence-corrected chi connectivity index (χ2v) is 9.43. The zero-order valence-electron chi connectivity index (χ0n) is 21.7. The standard InChI is InChI=1S/C22H22F3N3O3.C4H11NO3/c1-13-15(4-3-5-18(13)22(23,24)25)12-28-14(2)26-20-17(21(29)30)10-16(11-19(20)28)27-6-8-31-9-7-27;5-4(1-6,2-7)3-8/h3-5,10-11H,6-9,12H2,1-2H3,(H,29,30);6-8H,1-3,5H2. The minimum absolute atomic E-state index is 0.0709. The lowest BCUT2D eigenvalue weighted by atomic mass is 10.0. The molecular formula is C26H33F3N4O6. The normalized spacial score (nSPS) is 14.3. The van der Waals surface area contributed by atoms with Gasteiger partial charge in [-0.1, -0.05) is 12.1 Å². The van der Waals surface area contributed by atoms with Gasteiger partial charge in [-0.2, -0.15) is 13.2 Å². The molecule has 0 saturated carbocycles. The molecule has 0 atom stereocenters. The Balaban J connectivity index is 0.000000459. The third kappa shape index (κ3) is 6.86. The Morgan fingerprint density at radius 1 is 1.08 bits per heavy atom. The van der Waals surface area contributed by atoms with Gasteiger partial charge in [-0.15, -0.1) is 0 Å². The van der Waals surface area contributed by atoms with E-state index in [1.807, 2.05) is 11.0 Å². The molecule has 13 heteroatoms. The van der Waals surface area contributed by atoms with E-state index in [1.165, 1.54) is 13.0 Å². The second-order valence-electron chi connectivity index (χ2n) is 9.43. The van der Waals surface area contributed by atoms with Gasteiger partial charge in [-0.3, -0.25) is 0 Å². The molecule has 214 valence electrons. The van der Waals surface area contributed by atoms with E-state index < -0.39 is 43.1 Å². The van der Waals surface area contributed by atoms with Gasteiger partial charge in [-0.05, 0) is 43.2 Å². The fourth-order valence-corrected chi connectivity index (χ4v) is 4.17. The Bertz CT molecular complexity index is 1290.